The van der Waals surface area contributed by atoms with Crippen LogP contribution in [0.4, 0.5) is 11.5 Å². The van der Waals surface area contributed by atoms with Crippen LogP contribution >= 0.6 is 11.8 Å². The first kappa shape index (κ1) is 15.1. The monoisotopic (exact) mass is 304 g/mol. The van der Waals surface area contributed by atoms with E-state index in [1.807, 2.05) is 0 Å². The lowest BCUT2D eigenvalue weighted by atomic mass is 10.0. The molecule has 0 unspecified atom stereocenters. The molecule has 112 valence electrons. The van der Waals surface area contributed by atoms with Gasteiger partial charge in [-0.1, -0.05) is 11.8 Å². The average Bonchev–Trinajstić information content (AvgIpc) is 2.42. The van der Waals surface area contributed by atoms with Crippen LogP contribution in [0.25, 0.3) is 0 Å². The molecule has 1 saturated heterocycles. The number of H-pyrrole nitrogens is 1. The van der Waals surface area contributed by atoms with Crippen molar-refractivity contribution in [3.05, 3.63) is 10.4 Å². The molecule has 7 N–H and O–H groups in total. The predicted octanol–water partition coefficient (Wildman–Crippen LogP) is -2.08. The average molecular weight is 304 g/mol. The van der Waals surface area contributed by atoms with Crippen LogP contribution in [-0.4, -0.2) is 62.7 Å². The molecule has 0 bridgehead atoms. The minimum Gasteiger partial charge on any atom is -0.388 e. The van der Waals surface area contributed by atoms with E-state index >= 15 is 0 Å². The maximum atomic E-state index is 11.8. The Kier molecular flexibility index (Phi) is 4.50. The molecule has 1 fully saturated rings. The molecule has 0 saturated carbocycles. The summed E-state index contributed by atoms with van der Waals surface area (Å²) in [5, 5.41) is 31.6. The van der Waals surface area contributed by atoms with Crippen molar-refractivity contribution in [2.45, 2.75) is 29.7 Å². The molecule has 10 heteroatoms. The second kappa shape index (κ2) is 5.97. The van der Waals surface area contributed by atoms with Crippen LogP contribution in [0.15, 0.2) is 9.95 Å². The number of aromatic nitrogens is 2. The number of hydrogen-bond donors (Lipinski definition) is 6. The summed E-state index contributed by atoms with van der Waals surface area (Å²) in [5.41, 5.74) is 5.09. The predicted molar refractivity (Wildman–Crippen MR) is 72.4 cm³/mol. The van der Waals surface area contributed by atoms with E-state index in [1.54, 1.807) is 6.26 Å². The van der Waals surface area contributed by atoms with Gasteiger partial charge in [0.05, 0.1) is 6.61 Å². The number of thioether (sulfide) groups is 1. The summed E-state index contributed by atoms with van der Waals surface area (Å²) in [6, 6.07) is 0. The maximum absolute atomic E-state index is 11.8. The first-order valence-corrected chi connectivity index (χ1v) is 7.02. The third-order valence-electron chi connectivity index (χ3n) is 2.91. The minimum absolute atomic E-state index is 0.0467. The summed E-state index contributed by atoms with van der Waals surface area (Å²) >= 11 is 1.22. The molecule has 4 atom stereocenters. The zero-order chi connectivity index (χ0) is 14.9. The summed E-state index contributed by atoms with van der Waals surface area (Å²) in [6.45, 7) is -0.177. The fourth-order valence-electron chi connectivity index (χ4n) is 1.78. The quantitative estimate of drug-likeness (QED) is 0.273. The van der Waals surface area contributed by atoms with Crippen molar-refractivity contribution in [3.63, 3.8) is 0 Å². The summed E-state index contributed by atoms with van der Waals surface area (Å²) in [5.74, 6) is -0.0467. The highest BCUT2D eigenvalue weighted by molar-refractivity contribution is 7.98. The largest absolute Gasteiger partial charge is 0.388 e. The molecule has 9 nitrogen and oxygen atoms in total. The number of nitrogens with one attached hydrogen (secondary N) is 2. The smallest absolute Gasteiger partial charge is 0.277 e. The molecule has 1 aromatic heterocycles. The van der Waals surface area contributed by atoms with Gasteiger partial charge in [0, 0.05) is 0 Å². The van der Waals surface area contributed by atoms with Gasteiger partial charge in [-0.3, -0.25) is 9.78 Å². The Morgan fingerprint density at radius 2 is 2.15 bits per heavy atom. The Balaban J connectivity index is 2.20. The van der Waals surface area contributed by atoms with Gasteiger partial charge >= 0.3 is 0 Å². The highest BCUT2D eigenvalue weighted by atomic mass is 32.2. The van der Waals surface area contributed by atoms with Crippen LogP contribution in [0.3, 0.4) is 0 Å². The molecule has 2 heterocycles. The zero-order valence-electron chi connectivity index (χ0n) is 10.6. The fraction of sp³-hybridized carbons (Fsp3) is 0.600. The summed E-state index contributed by atoms with van der Waals surface area (Å²) in [6.07, 6.45) is -3.30. The Bertz CT molecular complexity index is 539. The van der Waals surface area contributed by atoms with Crippen molar-refractivity contribution in [3.8, 4) is 0 Å². The molecule has 20 heavy (non-hydrogen) atoms. The fourth-order valence-corrected chi connectivity index (χ4v) is 2.17. The molecule has 1 aliphatic rings. The standard InChI is InChI=1S/C10H16N4O5S/c1-20-10-13-7(11)4(8(18)14-10)12-9-6(17)5(16)3(15)2-19-9/h3,5-6,9,12,15-17H,2H2,1H3,(H3,11,13,14,18)/t3-,5+,6-,9-/m0/s1. The second-order valence-electron chi connectivity index (χ2n) is 4.28. The Hall–Kier alpha value is -1.33. The number of hydrogen-bond acceptors (Lipinski definition) is 9. The van der Waals surface area contributed by atoms with Crippen molar-refractivity contribution >= 4 is 23.3 Å². The van der Waals surface area contributed by atoms with E-state index < -0.39 is 30.1 Å². The first-order chi connectivity index (χ1) is 9.43. The SMILES string of the molecule is CSc1nc(N)c(N[C@H]2OC[C@H](O)[C@@H](O)[C@@H]2O)c(=O)[nH]1. The van der Waals surface area contributed by atoms with Gasteiger partial charge in [0.25, 0.3) is 5.56 Å². The van der Waals surface area contributed by atoms with E-state index in [2.05, 4.69) is 15.3 Å². The number of nitrogen functional groups attached to an aromatic ring is 1. The second-order valence-corrected chi connectivity index (χ2v) is 5.08. The molecule has 0 spiro atoms. The molecule has 0 aromatic carbocycles. The van der Waals surface area contributed by atoms with Crippen LogP contribution in [0, 0.1) is 0 Å². The molecule has 2 rings (SSSR count). The summed E-state index contributed by atoms with van der Waals surface area (Å²) in [4.78, 5) is 18.3. The molecule has 0 amide bonds. The van der Waals surface area contributed by atoms with Gasteiger partial charge in [-0.15, -0.1) is 0 Å². The molecule has 1 aliphatic heterocycles. The van der Waals surface area contributed by atoms with Crippen LogP contribution in [-0.2, 0) is 4.74 Å². The third-order valence-corrected chi connectivity index (χ3v) is 3.49. The van der Waals surface area contributed by atoms with E-state index in [0.717, 1.165) is 0 Å². The number of rotatable bonds is 3. The lowest BCUT2D eigenvalue weighted by Crippen LogP contribution is -2.55. The van der Waals surface area contributed by atoms with Crippen molar-refractivity contribution in [1.29, 1.82) is 0 Å². The van der Waals surface area contributed by atoms with Crippen LogP contribution in [0.5, 0.6) is 0 Å². The topological polar surface area (TPSA) is 154 Å². The number of nitrogens with zero attached hydrogens (tertiary/aromatic N) is 1. The number of aromatic amines is 1. The van der Waals surface area contributed by atoms with Crippen molar-refractivity contribution in [1.82, 2.24) is 9.97 Å². The lowest BCUT2D eigenvalue weighted by Gasteiger charge is -2.35. The highest BCUT2D eigenvalue weighted by Crippen LogP contribution is 2.20. The van der Waals surface area contributed by atoms with Crippen molar-refractivity contribution in [2.24, 2.45) is 0 Å². The van der Waals surface area contributed by atoms with E-state index in [4.69, 9.17) is 10.5 Å². The van der Waals surface area contributed by atoms with Gasteiger partial charge in [0.1, 0.15) is 24.0 Å². The van der Waals surface area contributed by atoms with E-state index in [1.165, 1.54) is 11.8 Å². The third kappa shape index (κ3) is 2.88. The molecule has 0 aliphatic carbocycles. The van der Waals surface area contributed by atoms with Crippen LogP contribution in [0.2, 0.25) is 0 Å². The number of anilines is 2. The Morgan fingerprint density at radius 3 is 2.75 bits per heavy atom. The van der Waals surface area contributed by atoms with Crippen molar-refractivity contribution in [2.75, 3.05) is 23.9 Å². The Labute approximate surface area is 118 Å². The number of nitrogens with two attached hydrogens (primary N) is 1. The van der Waals surface area contributed by atoms with Crippen LogP contribution < -0.4 is 16.6 Å². The molecule has 0 radical (unpaired) electrons. The highest BCUT2D eigenvalue weighted by Gasteiger charge is 2.38. The summed E-state index contributed by atoms with van der Waals surface area (Å²) in [7, 11) is 0. The van der Waals surface area contributed by atoms with Gasteiger partial charge in [-0.2, -0.15) is 0 Å². The van der Waals surface area contributed by atoms with Gasteiger partial charge in [0.2, 0.25) is 0 Å². The number of aliphatic hydroxyl groups excluding tert-OH is 3. The Morgan fingerprint density at radius 1 is 1.45 bits per heavy atom. The zero-order valence-corrected chi connectivity index (χ0v) is 11.4. The van der Waals surface area contributed by atoms with E-state index in [0.29, 0.717) is 5.16 Å². The minimum atomic E-state index is -1.40. The van der Waals surface area contributed by atoms with Gasteiger partial charge in [0.15, 0.2) is 17.2 Å². The van der Waals surface area contributed by atoms with Crippen molar-refractivity contribution < 1.29 is 20.1 Å². The lowest BCUT2D eigenvalue weighted by molar-refractivity contribution is -0.178. The van der Waals surface area contributed by atoms with E-state index in [-0.39, 0.29) is 18.1 Å². The molecular formula is C10H16N4O5S. The molecule has 1 aromatic rings. The first-order valence-electron chi connectivity index (χ1n) is 5.80. The summed E-state index contributed by atoms with van der Waals surface area (Å²) < 4.78 is 5.13. The van der Waals surface area contributed by atoms with Gasteiger partial charge in [-0.05, 0) is 6.26 Å². The normalized spacial score (nSPS) is 30.2. The van der Waals surface area contributed by atoms with Crippen LogP contribution in [0.1, 0.15) is 0 Å². The molecular weight excluding hydrogens is 288 g/mol. The van der Waals surface area contributed by atoms with Gasteiger partial charge < -0.3 is 31.1 Å². The maximum Gasteiger partial charge on any atom is 0.277 e. The number of aliphatic hydroxyl groups is 3. The van der Waals surface area contributed by atoms with Gasteiger partial charge in [-0.25, -0.2) is 4.98 Å². The van der Waals surface area contributed by atoms with E-state index in [9.17, 15) is 20.1 Å². The number of ether oxygens (including phenoxy) is 1.